The molecule has 4 nitrogen and oxygen atoms in total. The summed E-state index contributed by atoms with van der Waals surface area (Å²) in [6.45, 7) is 6.92. The van der Waals surface area contributed by atoms with E-state index in [2.05, 4.69) is 28.7 Å². The van der Waals surface area contributed by atoms with Crippen LogP contribution < -0.4 is 0 Å². The molecule has 70 valence electrons. The quantitative estimate of drug-likeness (QED) is 0.542. The molecule has 0 unspecified atom stereocenters. The second kappa shape index (κ2) is 7.00. The van der Waals surface area contributed by atoms with Gasteiger partial charge in [0.1, 0.15) is 0 Å². The van der Waals surface area contributed by atoms with Gasteiger partial charge in [0.25, 0.3) is 0 Å². The minimum Gasteiger partial charge on any atom is -0.303 e. The molecule has 6 heteroatoms. The Morgan fingerprint density at radius 2 is 1.36 bits per heavy atom. The molecule has 0 atom stereocenters. The largest absolute Gasteiger partial charge is 0.471 e. The molecule has 1 N–H and O–H groups in total. The number of rotatable bonds is 2. The minimum atomic E-state index is -3.65. The molecule has 0 amide bonds. The fraction of sp³-hybridized carbons (Fsp3) is 1.00. The van der Waals surface area contributed by atoms with Crippen LogP contribution in [0, 0.1) is 0 Å². The van der Waals surface area contributed by atoms with Crippen LogP contribution in [0.1, 0.15) is 0 Å². The van der Waals surface area contributed by atoms with Gasteiger partial charge in [-0.25, -0.2) is 4.57 Å². The van der Waals surface area contributed by atoms with Crippen LogP contribution in [0.25, 0.3) is 0 Å². The molecular weight excluding hydrogens is 183 g/mol. The maximum Gasteiger partial charge on any atom is 0.471 e. The number of hydrogen-bond donors (Lipinski definition) is 1. The van der Waals surface area contributed by atoms with Gasteiger partial charge in [-0.1, -0.05) is 19.6 Å². The zero-order valence-corrected chi connectivity index (χ0v) is 9.75. The van der Waals surface area contributed by atoms with E-state index in [-0.39, 0.29) is 8.80 Å². The predicted octanol–water partition coefficient (Wildman–Crippen LogP) is 1.48. The third-order valence-corrected chi connectivity index (χ3v) is 1.38. The molecule has 0 fully saturated rings. The maximum absolute atomic E-state index is 10.1. The molecule has 0 heterocycles. The van der Waals surface area contributed by atoms with Gasteiger partial charge in [-0.05, 0) is 0 Å². The van der Waals surface area contributed by atoms with Crippen molar-refractivity contribution < 1.29 is 18.5 Å². The van der Waals surface area contributed by atoms with Gasteiger partial charge in [0, 0.05) is 23.0 Å². The molecule has 0 aliphatic rings. The van der Waals surface area contributed by atoms with Gasteiger partial charge in [0.2, 0.25) is 0 Å². The first-order chi connectivity index (χ1) is 4.85. The van der Waals surface area contributed by atoms with Crippen LogP contribution in [-0.2, 0) is 13.6 Å². The number of hydrogen-bond acceptors (Lipinski definition) is 3. The van der Waals surface area contributed by atoms with E-state index in [1.165, 1.54) is 0 Å². The Hall–Kier alpha value is 0.327. The van der Waals surface area contributed by atoms with Crippen molar-refractivity contribution in [1.82, 2.24) is 0 Å². The third-order valence-electron chi connectivity index (χ3n) is 0.461. The van der Waals surface area contributed by atoms with Crippen molar-refractivity contribution in [2.75, 3.05) is 14.2 Å². The van der Waals surface area contributed by atoms with Gasteiger partial charge < -0.3 is 4.89 Å². The molecule has 0 aromatic carbocycles. The Morgan fingerprint density at radius 3 is 1.36 bits per heavy atom. The van der Waals surface area contributed by atoms with Crippen LogP contribution in [0.5, 0.6) is 0 Å². The van der Waals surface area contributed by atoms with Crippen LogP contribution in [0.2, 0.25) is 19.6 Å². The number of phosphoric ester groups is 1. The predicted molar refractivity (Wildman–Crippen MR) is 48.6 cm³/mol. The van der Waals surface area contributed by atoms with Gasteiger partial charge in [0.15, 0.2) is 0 Å². The first-order valence-electron chi connectivity index (χ1n) is 3.30. The van der Waals surface area contributed by atoms with E-state index >= 15 is 0 Å². The molecule has 0 bridgehead atoms. The van der Waals surface area contributed by atoms with Crippen LogP contribution in [0.4, 0.5) is 0 Å². The van der Waals surface area contributed by atoms with Crippen molar-refractivity contribution >= 4 is 16.6 Å². The summed E-state index contributed by atoms with van der Waals surface area (Å²) in [7, 11) is -1.59. The molecular formula is C5H17O4PSi. The van der Waals surface area contributed by atoms with E-state index in [0.29, 0.717) is 0 Å². The van der Waals surface area contributed by atoms with Crippen LogP contribution in [-0.4, -0.2) is 27.9 Å². The zero-order chi connectivity index (χ0) is 9.49. The topological polar surface area (TPSA) is 55.8 Å². The second-order valence-corrected chi connectivity index (χ2v) is 7.70. The third kappa shape index (κ3) is 17.9. The summed E-state index contributed by atoms with van der Waals surface area (Å²) in [5.41, 5.74) is 0. The average molecular weight is 200 g/mol. The molecule has 11 heavy (non-hydrogen) atoms. The molecule has 0 saturated carbocycles. The van der Waals surface area contributed by atoms with Crippen LogP contribution in [0.3, 0.4) is 0 Å². The molecule has 0 aromatic heterocycles. The maximum atomic E-state index is 10.1. The highest BCUT2D eigenvalue weighted by Gasteiger charge is 2.13. The molecule has 0 aliphatic heterocycles. The lowest BCUT2D eigenvalue weighted by Crippen LogP contribution is -1.84. The van der Waals surface area contributed by atoms with Crippen molar-refractivity contribution in [3.8, 4) is 0 Å². The standard InChI is InChI=1S/C3H10Si.C2H7O4P/c1-4(2)3;1-5-7(3,4)6-2/h4H,1-3H3;1-2H3,(H,3,4). The summed E-state index contributed by atoms with van der Waals surface area (Å²) in [6.07, 6.45) is 0. The average Bonchev–Trinajstić information content (AvgIpc) is 1.87. The first kappa shape index (κ1) is 13.9. The monoisotopic (exact) mass is 200 g/mol. The van der Waals surface area contributed by atoms with Gasteiger partial charge in [-0.15, -0.1) is 0 Å². The molecule has 0 radical (unpaired) electrons. The Balaban J connectivity index is 0. The van der Waals surface area contributed by atoms with Crippen molar-refractivity contribution in [2.24, 2.45) is 0 Å². The first-order valence-corrected chi connectivity index (χ1v) is 8.26. The van der Waals surface area contributed by atoms with Gasteiger partial charge in [0.05, 0.1) is 0 Å². The summed E-state index contributed by atoms with van der Waals surface area (Å²) in [4.78, 5) is 8.24. The highest BCUT2D eigenvalue weighted by atomic mass is 31.2. The molecule has 0 saturated heterocycles. The van der Waals surface area contributed by atoms with Crippen molar-refractivity contribution in [2.45, 2.75) is 19.6 Å². The Morgan fingerprint density at radius 1 is 1.18 bits per heavy atom. The summed E-state index contributed by atoms with van der Waals surface area (Å²) in [6, 6.07) is 0. The molecule has 0 spiro atoms. The fourth-order valence-corrected chi connectivity index (χ4v) is 0.224. The van der Waals surface area contributed by atoms with E-state index in [9.17, 15) is 4.57 Å². The second-order valence-electron chi connectivity index (χ2n) is 2.57. The smallest absolute Gasteiger partial charge is 0.303 e. The van der Waals surface area contributed by atoms with Crippen LogP contribution >= 0.6 is 7.82 Å². The molecule has 0 rings (SSSR count). The minimum absolute atomic E-state index is 0.139. The van der Waals surface area contributed by atoms with E-state index in [1.54, 1.807) is 0 Å². The van der Waals surface area contributed by atoms with E-state index in [1.807, 2.05) is 0 Å². The van der Waals surface area contributed by atoms with Crippen molar-refractivity contribution in [3.63, 3.8) is 0 Å². The summed E-state index contributed by atoms with van der Waals surface area (Å²) < 4.78 is 18.0. The van der Waals surface area contributed by atoms with Gasteiger partial charge in [-0.3, -0.25) is 9.05 Å². The lowest BCUT2D eigenvalue weighted by Gasteiger charge is -2.01. The molecule has 0 aromatic rings. The Kier molecular flexibility index (Phi) is 8.84. The Bertz CT molecular complexity index is 117. The zero-order valence-electron chi connectivity index (χ0n) is 7.70. The van der Waals surface area contributed by atoms with Gasteiger partial charge in [-0.2, -0.15) is 0 Å². The van der Waals surface area contributed by atoms with Crippen LogP contribution in [0.15, 0.2) is 0 Å². The molecule has 0 aliphatic carbocycles. The SMILES string of the molecule is COP(=O)(O)OC.C[SiH](C)C. The normalized spacial score (nSPS) is 10.8. The summed E-state index contributed by atoms with van der Waals surface area (Å²) in [5, 5.41) is 0. The lowest BCUT2D eigenvalue weighted by molar-refractivity contribution is 0.204. The van der Waals surface area contributed by atoms with E-state index < -0.39 is 7.82 Å². The van der Waals surface area contributed by atoms with Gasteiger partial charge >= 0.3 is 7.82 Å². The summed E-state index contributed by atoms with van der Waals surface area (Å²) >= 11 is 0. The van der Waals surface area contributed by atoms with Crippen molar-refractivity contribution in [3.05, 3.63) is 0 Å². The number of phosphoric acid groups is 1. The highest BCUT2D eigenvalue weighted by molar-refractivity contribution is 7.47. The Labute approximate surface area is 69.8 Å². The fourth-order valence-electron chi connectivity index (χ4n) is 0.0745. The van der Waals surface area contributed by atoms with E-state index in [4.69, 9.17) is 4.89 Å². The highest BCUT2D eigenvalue weighted by Crippen LogP contribution is 2.40. The lowest BCUT2D eigenvalue weighted by atomic mass is 11.8. The summed E-state index contributed by atoms with van der Waals surface area (Å²) in [5.74, 6) is 0. The van der Waals surface area contributed by atoms with Crippen molar-refractivity contribution in [1.29, 1.82) is 0 Å². The van der Waals surface area contributed by atoms with E-state index in [0.717, 1.165) is 14.2 Å².